The molecule has 0 radical (unpaired) electrons. The summed E-state index contributed by atoms with van der Waals surface area (Å²) in [6.45, 7) is 2.04. The summed E-state index contributed by atoms with van der Waals surface area (Å²) in [5.74, 6) is -1.12. The van der Waals surface area contributed by atoms with Gasteiger partial charge in [0, 0.05) is 12.1 Å². The van der Waals surface area contributed by atoms with Gasteiger partial charge in [-0.3, -0.25) is 10.1 Å². The van der Waals surface area contributed by atoms with Crippen LogP contribution in [0, 0.1) is 0 Å². The van der Waals surface area contributed by atoms with Crippen LogP contribution in [0.4, 0.5) is 4.79 Å². The van der Waals surface area contributed by atoms with E-state index in [-0.39, 0.29) is 22.1 Å². The molecule has 0 unspecified atom stereocenters. The minimum Gasteiger partial charge on any atom is -0.493 e. The molecule has 29 heavy (non-hydrogen) atoms. The summed E-state index contributed by atoms with van der Waals surface area (Å²) in [7, 11) is 2.81. The van der Waals surface area contributed by atoms with Crippen molar-refractivity contribution < 1.29 is 28.6 Å². The van der Waals surface area contributed by atoms with Crippen molar-refractivity contribution in [1.82, 2.24) is 10.6 Å². The summed E-state index contributed by atoms with van der Waals surface area (Å²) in [6, 6.07) is 10.4. The number of carbonyl (C=O) groups is 3. The fraction of sp³-hybridized carbons (Fsp3) is 0.250. The standard InChI is InChI=1S/C20H21ClN2O6/c1-4-22-20(26)23-18(24)16(12-8-6-5-7-9-12)29-19(25)13-10-14(21)17(28-3)15(11-13)27-2/h5-11,16H,4H2,1-3H3,(H2,22,23,24,26)/t16-/m0/s1. The van der Waals surface area contributed by atoms with Crippen LogP contribution in [0.15, 0.2) is 42.5 Å². The van der Waals surface area contributed by atoms with E-state index in [1.807, 2.05) is 0 Å². The first kappa shape index (κ1) is 22.0. The number of methoxy groups -OCH3 is 2. The van der Waals surface area contributed by atoms with Crippen LogP contribution < -0.4 is 20.1 Å². The molecule has 0 aliphatic carbocycles. The van der Waals surface area contributed by atoms with Gasteiger partial charge in [0.1, 0.15) is 0 Å². The van der Waals surface area contributed by atoms with Gasteiger partial charge in [-0.2, -0.15) is 0 Å². The number of urea groups is 1. The second-order valence-electron chi connectivity index (χ2n) is 5.74. The minimum atomic E-state index is -1.35. The lowest BCUT2D eigenvalue weighted by molar-refractivity contribution is -0.129. The van der Waals surface area contributed by atoms with Gasteiger partial charge in [0.15, 0.2) is 11.5 Å². The number of hydrogen-bond acceptors (Lipinski definition) is 6. The highest BCUT2D eigenvalue weighted by Crippen LogP contribution is 2.36. The zero-order valence-electron chi connectivity index (χ0n) is 16.2. The lowest BCUT2D eigenvalue weighted by Gasteiger charge is -2.18. The van der Waals surface area contributed by atoms with E-state index in [9.17, 15) is 14.4 Å². The van der Waals surface area contributed by atoms with Gasteiger partial charge in [0.05, 0.1) is 24.8 Å². The van der Waals surface area contributed by atoms with E-state index < -0.39 is 24.0 Å². The van der Waals surface area contributed by atoms with Gasteiger partial charge in [-0.1, -0.05) is 41.9 Å². The Hall–Kier alpha value is -3.26. The maximum absolute atomic E-state index is 12.7. The fourth-order valence-electron chi connectivity index (χ4n) is 2.49. The van der Waals surface area contributed by atoms with Crippen molar-refractivity contribution in [2.24, 2.45) is 0 Å². The van der Waals surface area contributed by atoms with Crippen LogP contribution in [0.5, 0.6) is 11.5 Å². The van der Waals surface area contributed by atoms with Crippen molar-refractivity contribution in [2.45, 2.75) is 13.0 Å². The number of nitrogens with one attached hydrogen (secondary N) is 2. The topological polar surface area (TPSA) is 103 Å². The third-order valence-electron chi connectivity index (χ3n) is 3.81. The monoisotopic (exact) mass is 420 g/mol. The lowest BCUT2D eigenvalue weighted by atomic mass is 10.1. The van der Waals surface area contributed by atoms with Crippen LogP contribution in [0.1, 0.15) is 28.9 Å². The Bertz CT molecular complexity index is 888. The van der Waals surface area contributed by atoms with Crippen molar-refractivity contribution in [3.05, 3.63) is 58.6 Å². The second kappa shape index (κ2) is 10.3. The molecule has 0 heterocycles. The molecule has 0 bridgehead atoms. The summed E-state index contributed by atoms with van der Waals surface area (Å²) in [5, 5.41) is 4.74. The van der Waals surface area contributed by atoms with Crippen molar-refractivity contribution in [1.29, 1.82) is 0 Å². The molecule has 1 atom stereocenters. The summed E-state index contributed by atoms with van der Waals surface area (Å²) < 4.78 is 15.7. The molecule has 0 spiro atoms. The van der Waals surface area contributed by atoms with Crippen LogP contribution in [0.3, 0.4) is 0 Å². The molecule has 2 N–H and O–H groups in total. The number of halogens is 1. The quantitative estimate of drug-likeness (QED) is 0.667. The SMILES string of the molecule is CCNC(=O)NC(=O)[C@@H](OC(=O)c1cc(Cl)c(OC)c(OC)c1)c1ccccc1. The molecule has 2 aromatic carbocycles. The van der Waals surface area contributed by atoms with Crippen LogP contribution >= 0.6 is 11.6 Å². The second-order valence-corrected chi connectivity index (χ2v) is 6.15. The van der Waals surface area contributed by atoms with Gasteiger partial charge >= 0.3 is 12.0 Å². The van der Waals surface area contributed by atoms with Gasteiger partial charge in [0.25, 0.3) is 5.91 Å². The van der Waals surface area contributed by atoms with Gasteiger partial charge in [-0.05, 0) is 19.1 Å². The zero-order chi connectivity index (χ0) is 21.4. The molecule has 3 amide bonds. The minimum absolute atomic E-state index is 0.0550. The number of hydrogen-bond donors (Lipinski definition) is 2. The van der Waals surface area contributed by atoms with E-state index in [0.29, 0.717) is 12.1 Å². The molecule has 0 saturated carbocycles. The molecule has 0 fully saturated rings. The average Bonchev–Trinajstić information content (AvgIpc) is 2.71. The highest BCUT2D eigenvalue weighted by Gasteiger charge is 2.28. The molecule has 0 saturated heterocycles. The molecule has 0 aromatic heterocycles. The highest BCUT2D eigenvalue weighted by atomic mass is 35.5. The largest absolute Gasteiger partial charge is 0.493 e. The van der Waals surface area contributed by atoms with Crippen LogP contribution in [0.2, 0.25) is 5.02 Å². The van der Waals surface area contributed by atoms with E-state index >= 15 is 0 Å². The van der Waals surface area contributed by atoms with E-state index in [2.05, 4.69) is 10.6 Å². The van der Waals surface area contributed by atoms with Gasteiger partial charge in [-0.15, -0.1) is 0 Å². The first-order chi connectivity index (χ1) is 13.9. The maximum atomic E-state index is 12.7. The third kappa shape index (κ3) is 5.61. The van der Waals surface area contributed by atoms with Crippen molar-refractivity contribution in [3.8, 4) is 11.5 Å². The molecule has 154 valence electrons. The lowest BCUT2D eigenvalue weighted by Crippen LogP contribution is -2.42. The maximum Gasteiger partial charge on any atom is 0.339 e. The van der Waals surface area contributed by atoms with Crippen LogP contribution in [-0.4, -0.2) is 38.7 Å². The first-order valence-corrected chi connectivity index (χ1v) is 9.05. The molecule has 0 aliphatic rings. The fourth-order valence-corrected chi connectivity index (χ4v) is 2.78. The third-order valence-corrected chi connectivity index (χ3v) is 4.09. The molecular weight excluding hydrogens is 400 g/mol. The number of esters is 1. The predicted octanol–water partition coefficient (Wildman–Crippen LogP) is 3.10. The first-order valence-electron chi connectivity index (χ1n) is 8.67. The highest BCUT2D eigenvalue weighted by molar-refractivity contribution is 6.32. The predicted molar refractivity (Wildman–Crippen MR) is 106 cm³/mol. The number of amides is 3. The van der Waals surface area contributed by atoms with Crippen molar-refractivity contribution >= 4 is 29.5 Å². The number of ether oxygens (including phenoxy) is 3. The molecule has 9 heteroatoms. The molecular formula is C20H21ClN2O6. The number of imide groups is 1. The Morgan fingerprint density at radius 1 is 1.07 bits per heavy atom. The Kier molecular flexibility index (Phi) is 7.85. The Morgan fingerprint density at radius 3 is 2.34 bits per heavy atom. The van der Waals surface area contributed by atoms with Crippen molar-refractivity contribution in [2.75, 3.05) is 20.8 Å². The zero-order valence-corrected chi connectivity index (χ0v) is 16.9. The molecule has 0 aliphatic heterocycles. The number of carbonyl (C=O) groups excluding carboxylic acids is 3. The van der Waals surface area contributed by atoms with E-state index in [1.54, 1.807) is 37.3 Å². The summed E-state index contributed by atoms with van der Waals surface area (Å²) >= 11 is 6.13. The van der Waals surface area contributed by atoms with E-state index in [4.69, 9.17) is 25.8 Å². The van der Waals surface area contributed by atoms with Crippen molar-refractivity contribution in [3.63, 3.8) is 0 Å². The van der Waals surface area contributed by atoms with Crippen LogP contribution in [-0.2, 0) is 9.53 Å². The summed E-state index contributed by atoms with van der Waals surface area (Å²) in [4.78, 5) is 37.0. The summed E-state index contributed by atoms with van der Waals surface area (Å²) in [6.07, 6.45) is -1.35. The van der Waals surface area contributed by atoms with Crippen LogP contribution in [0.25, 0.3) is 0 Å². The molecule has 2 aromatic rings. The number of rotatable bonds is 7. The van der Waals surface area contributed by atoms with Gasteiger partial charge in [0.2, 0.25) is 6.10 Å². The van der Waals surface area contributed by atoms with Gasteiger partial charge in [-0.25, -0.2) is 9.59 Å². The number of benzene rings is 2. The molecule has 8 nitrogen and oxygen atoms in total. The normalized spacial score (nSPS) is 11.2. The smallest absolute Gasteiger partial charge is 0.339 e. The Balaban J connectivity index is 2.31. The Morgan fingerprint density at radius 2 is 1.76 bits per heavy atom. The van der Waals surface area contributed by atoms with E-state index in [1.165, 1.54) is 26.4 Å². The Labute approximate surface area is 173 Å². The summed E-state index contributed by atoms with van der Waals surface area (Å²) in [5.41, 5.74) is 0.452. The molecule has 2 rings (SSSR count). The van der Waals surface area contributed by atoms with E-state index in [0.717, 1.165) is 0 Å². The van der Waals surface area contributed by atoms with Gasteiger partial charge < -0.3 is 19.5 Å². The average molecular weight is 421 g/mol.